The Hall–Kier alpha value is -0.830. The number of carbonyl (C=O) groups excluding carboxylic acids is 1. The minimum Gasteiger partial charge on any atom is -0.462 e. The summed E-state index contributed by atoms with van der Waals surface area (Å²) >= 11 is 0. The summed E-state index contributed by atoms with van der Waals surface area (Å²) in [6.45, 7) is 7.26. The highest BCUT2D eigenvalue weighted by atomic mass is 16.5. The molecule has 1 aliphatic carbocycles. The van der Waals surface area contributed by atoms with Crippen molar-refractivity contribution >= 4 is 5.97 Å². The maximum atomic E-state index is 11.0. The summed E-state index contributed by atoms with van der Waals surface area (Å²) < 4.78 is 10.6. The largest absolute Gasteiger partial charge is 0.462 e. The summed E-state index contributed by atoms with van der Waals surface area (Å²) in [6, 6.07) is 0. The van der Waals surface area contributed by atoms with Gasteiger partial charge in [-0.25, -0.2) is 4.79 Å². The number of rotatable bonds is 6. The summed E-state index contributed by atoms with van der Waals surface area (Å²) in [5, 5.41) is 0. The van der Waals surface area contributed by atoms with Crippen LogP contribution in [0.25, 0.3) is 0 Å². The number of esters is 1. The maximum Gasteiger partial charge on any atom is 0.330 e. The molecule has 1 rings (SSSR count). The van der Waals surface area contributed by atoms with E-state index in [0.29, 0.717) is 13.2 Å². The molecule has 15 heavy (non-hydrogen) atoms. The van der Waals surface area contributed by atoms with Gasteiger partial charge in [-0.15, -0.1) is 0 Å². The topological polar surface area (TPSA) is 35.5 Å². The molecule has 0 saturated heterocycles. The lowest BCUT2D eigenvalue weighted by atomic mass is 9.88. The lowest BCUT2D eigenvalue weighted by molar-refractivity contribution is -0.142. The molecule has 0 unspecified atom stereocenters. The highest BCUT2D eigenvalue weighted by Gasteiger charge is 2.35. The van der Waals surface area contributed by atoms with Gasteiger partial charge in [0.2, 0.25) is 0 Å². The normalized spacial score (nSPS) is 18.7. The van der Waals surface area contributed by atoms with Crippen LogP contribution in [0.4, 0.5) is 0 Å². The van der Waals surface area contributed by atoms with Gasteiger partial charge < -0.3 is 9.47 Å². The number of ether oxygens (including phenoxy) is 2. The van der Waals surface area contributed by atoms with E-state index in [1.54, 1.807) is 0 Å². The van der Waals surface area contributed by atoms with Crippen LogP contribution in [0.3, 0.4) is 0 Å². The van der Waals surface area contributed by atoms with Crippen LogP contribution in [0.15, 0.2) is 12.7 Å². The van der Waals surface area contributed by atoms with E-state index in [2.05, 4.69) is 6.58 Å². The highest BCUT2D eigenvalue weighted by Crippen LogP contribution is 2.38. The monoisotopic (exact) mass is 212 g/mol. The lowest BCUT2D eigenvalue weighted by Gasteiger charge is -2.27. The second-order valence-corrected chi connectivity index (χ2v) is 4.16. The van der Waals surface area contributed by atoms with Crippen molar-refractivity contribution in [2.45, 2.75) is 32.6 Å². The van der Waals surface area contributed by atoms with Crippen LogP contribution < -0.4 is 0 Å². The third-order valence-electron chi connectivity index (χ3n) is 2.96. The van der Waals surface area contributed by atoms with Crippen molar-refractivity contribution in [3.63, 3.8) is 0 Å². The van der Waals surface area contributed by atoms with Crippen molar-refractivity contribution in [1.29, 1.82) is 0 Å². The van der Waals surface area contributed by atoms with Gasteiger partial charge in [0.05, 0.1) is 13.2 Å². The van der Waals surface area contributed by atoms with Gasteiger partial charge in [0.15, 0.2) is 0 Å². The van der Waals surface area contributed by atoms with Gasteiger partial charge in [-0.2, -0.15) is 0 Å². The first-order valence-corrected chi connectivity index (χ1v) is 5.59. The second kappa shape index (κ2) is 5.91. The molecule has 0 N–H and O–H groups in total. The van der Waals surface area contributed by atoms with Gasteiger partial charge >= 0.3 is 5.97 Å². The molecule has 0 aromatic rings. The Kier molecular flexibility index (Phi) is 4.82. The molecule has 0 aliphatic heterocycles. The van der Waals surface area contributed by atoms with E-state index in [1.807, 2.05) is 6.92 Å². The molecule has 0 aromatic carbocycles. The van der Waals surface area contributed by atoms with Crippen molar-refractivity contribution in [2.75, 3.05) is 19.8 Å². The lowest BCUT2D eigenvalue weighted by Crippen LogP contribution is -2.30. The van der Waals surface area contributed by atoms with Crippen LogP contribution in [0, 0.1) is 5.41 Å². The third kappa shape index (κ3) is 3.67. The first-order valence-electron chi connectivity index (χ1n) is 5.59. The Morgan fingerprint density at radius 3 is 2.60 bits per heavy atom. The zero-order valence-electron chi connectivity index (χ0n) is 9.46. The number of hydrogen-bond acceptors (Lipinski definition) is 3. The molecule has 86 valence electrons. The smallest absolute Gasteiger partial charge is 0.330 e. The van der Waals surface area contributed by atoms with Crippen molar-refractivity contribution in [2.24, 2.45) is 5.41 Å². The van der Waals surface area contributed by atoms with E-state index in [9.17, 15) is 4.79 Å². The molecule has 1 saturated carbocycles. The Morgan fingerprint density at radius 2 is 2.07 bits per heavy atom. The zero-order chi connectivity index (χ0) is 11.1. The summed E-state index contributed by atoms with van der Waals surface area (Å²) in [4.78, 5) is 11.0. The average molecular weight is 212 g/mol. The van der Waals surface area contributed by atoms with Crippen LogP contribution in [-0.2, 0) is 14.3 Å². The first-order chi connectivity index (χ1) is 7.22. The van der Waals surface area contributed by atoms with Crippen molar-refractivity contribution in [3.8, 4) is 0 Å². The number of carbonyl (C=O) groups is 1. The van der Waals surface area contributed by atoms with E-state index in [4.69, 9.17) is 9.47 Å². The van der Waals surface area contributed by atoms with Gasteiger partial charge in [0.25, 0.3) is 0 Å². The van der Waals surface area contributed by atoms with Crippen LogP contribution in [0.2, 0.25) is 0 Å². The predicted octanol–water partition coefficient (Wildman–Crippen LogP) is 2.31. The molecular formula is C12H20O3. The fourth-order valence-corrected chi connectivity index (χ4v) is 2.06. The van der Waals surface area contributed by atoms with Gasteiger partial charge in [0, 0.05) is 18.1 Å². The van der Waals surface area contributed by atoms with Gasteiger partial charge in [0.1, 0.15) is 0 Å². The molecule has 0 radical (unpaired) electrons. The third-order valence-corrected chi connectivity index (χ3v) is 2.96. The Morgan fingerprint density at radius 1 is 1.40 bits per heavy atom. The summed E-state index contributed by atoms with van der Waals surface area (Å²) in [7, 11) is 0. The zero-order valence-corrected chi connectivity index (χ0v) is 9.46. The van der Waals surface area contributed by atoms with E-state index >= 15 is 0 Å². The molecule has 1 aliphatic rings. The molecule has 3 heteroatoms. The highest BCUT2D eigenvalue weighted by molar-refractivity contribution is 5.81. The second-order valence-electron chi connectivity index (χ2n) is 4.16. The van der Waals surface area contributed by atoms with E-state index in [1.165, 1.54) is 18.9 Å². The van der Waals surface area contributed by atoms with Gasteiger partial charge in [-0.3, -0.25) is 0 Å². The summed E-state index contributed by atoms with van der Waals surface area (Å²) in [5.74, 6) is -0.335. The minimum absolute atomic E-state index is 0.0642. The van der Waals surface area contributed by atoms with Crippen molar-refractivity contribution in [1.82, 2.24) is 0 Å². The summed E-state index contributed by atoms with van der Waals surface area (Å²) in [6.07, 6.45) is 5.82. The van der Waals surface area contributed by atoms with Crippen molar-refractivity contribution < 1.29 is 14.3 Å². The fourth-order valence-electron chi connectivity index (χ4n) is 2.06. The number of hydrogen-bond donors (Lipinski definition) is 0. The van der Waals surface area contributed by atoms with Crippen LogP contribution >= 0.6 is 0 Å². The molecule has 0 bridgehead atoms. The summed E-state index contributed by atoms with van der Waals surface area (Å²) in [5.41, 5.74) is 0.0642. The molecule has 0 heterocycles. The fraction of sp³-hybridized carbons (Fsp3) is 0.750. The predicted molar refractivity (Wildman–Crippen MR) is 58.6 cm³/mol. The quantitative estimate of drug-likeness (QED) is 0.500. The van der Waals surface area contributed by atoms with E-state index in [-0.39, 0.29) is 11.4 Å². The SMILES string of the molecule is C=CC(=O)OCC1(COCC)CCCC1. The molecule has 0 amide bonds. The average Bonchev–Trinajstić information content (AvgIpc) is 2.72. The van der Waals surface area contributed by atoms with E-state index < -0.39 is 0 Å². The molecule has 3 nitrogen and oxygen atoms in total. The first kappa shape index (κ1) is 12.2. The van der Waals surface area contributed by atoms with Crippen molar-refractivity contribution in [3.05, 3.63) is 12.7 Å². The van der Waals surface area contributed by atoms with Crippen LogP contribution in [-0.4, -0.2) is 25.8 Å². The van der Waals surface area contributed by atoms with Crippen LogP contribution in [0.5, 0.6) is 0 Å². The van der Waals surface area contributed by atoms with Gasteiger partial charge in [-0.05, 0) is 19.8 Å². The molecule has 0 atom stereocenters. The Bertz CT molecular complexity index is 217. The van der Waals surface area contributed by atoms with Crippen LogP contribution in [0.1, 0.15) is 32.6 Å². The standard InChI is InChI=1S/C12H20O3/c1-3-11(13)15-10-12(9-14-4-2)7-5-6-8-12/h3H,1,4-10H2,2H3. The molecule has 1 fully saturated rings. The molecular weight excluding hydrogens is 192 g/mol. The van der Waals surface area contributed by atoms with E-state index in [0.717, 1.165) is 19.4 Å². The molecule has 0 aromatic heterocycles. The minimum atomic E-state index is -0.335. The maximum absolute atomic E-state index is 11.0. The Labute approximate surface area is 91.4 Å². The Balaban J connectivity index is 2.42. The molecule has 0 spiro atoms. The van der Waals surface area contributed by atoms with Gasteiger partial charge in [-0.1, -0.05) is 19.4 Å².